The van der Waals surface area contributed by atoms with Gasteiger partial charge in [0.1, 0.15) is 11.4 Å². The number of ketones is 1. The minimum atomic E-state index is -0.294. The maximum Gasteiger partial charge on any atom is 0.170 e. The number of rotatable bonds is 1. The number of hydrogen-bond donors (Lipinski definition) is 0. The van der Waals surface area contributed by atoms with Gasteiger partial charge in [-0.1, -0.05) is 11.6 Å². The summed E-state index contributed by atoms with van der Waals surface area (Å²) < 4.78 is 5.99. The highest BCUT2D eigenvalue weighted by Gasteiger charge is 2.47. The molecule has 1 atom stereocenters. The Balaban J connectivity index is 2.02. The minimum absolute atomic E-state index is 0.151. The van der Waals surface area contributed by atoms with E-state index in [-0.39, 0.29) is 11.4 Å². The molecule has 0 N–H and O–H groups in total. The molecule has 1 saturated carbocycles. The van der Waals surface area contributed by atoms with E-state index in [4.69, 9.17) is 16.3 Å². The van der Waals surface area contributed by atoms with Crippen molar-refractivity contribution in [2.75, 3.05) is 0 Å². The zero-order valence-corrected chi connectivity index (χ0v) is 9.88. The van der Waals surface area contributed by atoms with Crippen molar-refractivity contribution >= 4 is 17.4 Å². The summed E-state index contributed by atoms with van der Waals surface area (Å²) in [5.41, 5.74) is 0.336. The summed E-state index contributed by atoms with van der Waals surface area (Å²) in [6, 6.07) is 5.27. The van der Waals surface area contributed by atoms with Crippen LogP contribution in [0.25, 0.3) is 0 Å². The number of Topliss-reactive ketones (excluding diaryl/α,β-unsaturated/α-hetero) is 1. The van der Waals surface area contributed by atoms with E-state index in [2.05, 4.69) is 0 Å². The average molecular weight is 237 g/mol. The average Bonchev–Trinajstić information content (AvgIpc) is 3.03. The second-order valence-electron chi connectivity index (χ2n) is 4.93. The van der Waals surface area contributed by atoms with Crippen LogP contribution in [-0.4, -0.2) is 11.4 Å². The molecule has 1 fully saturated rings. The highest BCUT2D eigenvalue weighted by Crippen LogP contribution is 2.47. The predicted octanol–water partition coefficient (Wildman–Crippen LogP) is 3.47. The SMILES string of the molecule is CC1(C2CC2)CC(=O)c2cc(Cl)ccc2O1. The zero-order valence-electron chi connectivity index (χ0n) is 9.13. The van der Waals surface area contributed by atoms with Crippen molar-refractivity contribution in [3.8, 4) is 5.75 Å². The smallest absolute Gasteiger partial charge is 0.170 e. The molecule has 3 heteroatoms. The van der Waals surface area contributed by atoms with Crippen LogP contribution in [0.15, 0.2) is 18.2 Å². The molecule has 0 radical (unpaired) electrons. The van der Waals surface area contributed by atoms with E-state index in [1.807, 2.05) is 6.92 Å². The highest BCUT2D eigenvalue weighted by atomic mass is 35.5. The molecule has 1 aromatic carbocycles. The Morgan fingerprint density at radius 1 is 1.44 bits per heavy atom. The lowest BCUT2D eigenvalue weighted by Crippen LogP contribution is -2.41. The molecule has 16 heavy (non-hydrogen) atoms. The number of ether oxygens (including phenoxy) is 1. The molecule has 0 bridgehead atoms. The molecule has 1 aliphatic heterocycles. The van der Waals surface area contributed by atoms with E-state index in [1.165, 1.54) is 12.8 Å². The van der Waals surface area contributed by atoms with Crippen LogP contribution >= 0.6 is 11.6 Å². The third kappa shape index (κ3) is 1.52. The van der Waals surface area contributed by atoms with Gasteiger partial charge in [-0.05, 0) is 43.9 Å². The van der Waals surface area contributed by atoms with Crippen LogP contribution in [-0.2, 0) is 0 Å². The third-order valence-electron chi connectivity index (χ3n) is 3.54. The number of carbonyl (C=O) groups excluding carboxylic acids is 1. The van der Waals surface area contributed by atoms with Gasteiger partial charge in [0.25, 0.3) is 0 Å². The molecule has 0 saturated heterocycles. The van der Waals surface area contributed by atoms with Gasteiger partial charge in [-0.2, -0.15) is 0 Å². The van der Waals surface area contributed by atoms with Crippen molar-refractivity contribution in [2.24, 2.45) is 5.92 Å². The Morgan fingerprint density at radius 3 is 2.88 bits per heavy atom. The topological polar surface area (TPSA) is 26.3 Å². The Kier molecular flexibility index (Phi) is 2.05. The first kappa shape index (κ1) is 10.2. The third-order valence-corrected chi connectivity index (χ3v) is 3.77. The van der Waals surface area contributed by atoms with Gasteiger partial charge in [-0.3, -0.25) is 4.79 Å². The van der Waals surface area contributed by atoms with Crippen LogP contribution in [0.5, 0.6) is 5.75 Å². The summed E-state index contributed by atoms with van der Waals surface area (Å²) in [6.07, 6.45) is 2.82. The Labute approximate surface area is 99.6 Å². The largest absolute Gasteiger partial charge is 0.486 e. The van der Waals surface area contributed by atoms with Gasteiger partial charge in [-0.25, -0.2) is 0 Å². The van der Waals surface area contributed by atoms with Gasteiger partial charge in [-0.15, -0.1) is 0 Å². The second-order valence-corrected chi connectivity index (χ2v) is 5.37. The lowest BCUT2D eigenvalue weighted by molar-refractivity contribution is 0.0381. The normalized spacial score (nSPS) is 28.5. The van der Waals surface area contributed by atoms with Crippen molar-refractivity contribution < 1.29 is 9.53 Å². The van der Waals surface area contributed by atoms with Gasteiger partial charge in [0, 0.05) is 5.02 Å². The molecular formula is C13H13ClO2. The molecule has 1 aromatic rings. The first-order valence-electron chi connectivity index (χ1n) is 5.60. The van der Waals surface area contributed by atoms with Crippen LogP contribution in [0.1, 0.15) is 36.5 Å². The molecule has 3 rings (SSSR count). The maximum absolute atomic E-state index is 12.0. The van der Waals surface area contributed by atoms with E-state index >= 15 is 0 Å². The molecule has 0 aromatic heterocycles. The minimum Gasteiger partial charge on any atom is -0.486 e. The number of hydrogen-bond acceptors (Lipinski definition) is 2. The molecule has 0 amide bonds. The summed E-state index contributed by atoms with van der Waals surface area (Å²) >= 11 is 5.88. The summed E-state index contributed by atoms with van der Waals surface area (Å²) in [6.45, 7) is 2.04. The van der Waals surface area contributed by atoms with Crippen LogP contribution in [0.4, 0.5) is 0 Å². The van der Waals surface area contributed by atoms with E-state index in [0.717, 1.165) is 0 Å². The van der Waals surface area contributed by atoms with E-state index in [0.29, 0.717) is 28.7 Å². The summed E-state index contributed by atoms with van der Waals surface area (Å²) in [5.74, 6) is 1.38. The first-order valence-corrected chi connectivity index (χ1v) is 5.98. The van der Waals surface area contributed by atoms with Gasteiger partial charge in [0.2, 0.25) is 0 Å². The first-order chi connectivity index (χ1) is 7.58. The summed E-state index contributed by atoms with van der Waals surface area (Å²) in [5, 5.41) is 0.589. The fourth-order valence-electron chi connectivity index (χ4n) is 2.43. The number of benzene rings is 1. The quantitative estimate of drug-likeness (QED) is 0.746. The van der Waals surface area contributed by atoms with E-state index in [1.54, 1.807) is 18.2 Å². The standard InChI is InChI=1S/C13H13ClO2/c1-13(8-2-3-8)7-11(15)10-6-9(14)4-5-12(10)16-13/h4-6,8H,2-3,7H2,1H3. The van der Waals surface area contributed by atoms with E-state index < -0.39 is 0 Å². The van der Waals surface area contributed by atoms with E-state index in [9.17, 15) is 4.79 Å². The van der Waals surface area contributed by atoms with Gasteiger partial charge in [0.15, 0.2) is 5.78 Å². The molecule has 2 aliphatic rings. The van der Waals surface area contributed by atoms with Crippen molar-refractivity contribution in [2.45, 2.75) is 31.8 Å². The highest BCUT2D eigenvalue weighted by molar-refractivity contribution is 6.31. The predicted molar refractivity (Wildman–Crippen MR) is 62.2 cm³/mol. The molecule has 84 valence electrons. The van der Waals surface area contributed by atoms with Crippen LogP contribution in [0.3, 0.4) is 0 Å². The van der Waals surface area contributed by atoms with Crippen molar-refractivity contribution in [3.05, 3.63) is 28.8 Å². The van der Waals surface area contributed by atoms with Crippen molar-refractivity contribution in [3.63, 3.8) is 0 Å². The lowest BCUT2D eigenvalue weighted by Gasteiger charge is -2.35. The molecule has 2 nitrogen and oxygen atoms in total. The Morgan fingerprint density at radius 2 is 2.19 bits per heavy atom. The molecular weight excluding hydrogens is 224 g/mol. The fourth-order valence-corrected chi connectivity index (χ4v) is 2.60. The molecule has 1 aliphatic carbocycles. The molecule has 1 unspecified atom stereocenters. The number of halogens is 1. The second kappa shape index (κ2) is 3.24. The van der Waals surface area contributed by atoms with Crippen molar-refractivity contribution in [1.82, 2.24) is 0 Å². The Bertz CT molecular complexity index is 465. The molecule has 1 heterocycles. The molecule has 0 spiro atoms. The summed E-state index contributed by atoms with van der Waals surface area (Å²) in [4.78, 5) is 12.0. The fraction of sp³-hybridized carbons (Fsp3) is 0.462. The summed E-state index contributed by atoms with van der Waals surface area (Å²) in [7, 11) is 0. The van der Waals surface area contributed by atoms with Crippen molar-refractivity contribution in [1.29, 1.82) is 0 Å². The number of fused-ring (bicyclic) bond motifs is 1. The van der Waals surface area contributed by atoms with Gasteiger partial charge in [0.05, 0.1) is 12.0 Å². The monoisotopic (exact) mass is 236 g/mol. The van der Waals surface area contributed by atoms with Gasteiger partial charge >= 0.3 is 0 Å². The van der Waals surface area contributed by atoms with Gasteiger partial charge < -0.3 is 4.74 Å². The lowest BCUT2D eigenvalue weighted by atomic mass is 9.88. The van der Waals surface area contributed by atoms with Crippen LogP contribution in [0, 0.1) is 5.92 Å². The Hall–Kier alpha value is -1.02. The van der Waals surface area contributed by atoms with Crippen LogP contribution < -0.4 is 4.74 Å². The number of carbonyl (C=O) groups is 1. The van der Waals surface area contributed by atoms with Crippen LogP contribution in [0.2, 0.25) is 5.02 Å². The zero-order chi connectivity index (χ0) is 11.3. The maximum atomic E-state index is 12.0.